The molecule has 0 heterocycles. The van der Waals surface area contributed by atoms with Gasteiger partial charge in [-0.2, -0.15) is 0 Å². The summed E-state index contributed by atoms with van der Waals surface area (Å²) >= 11 is 5.05. The van der Waals surface area contributed by atoms with Gasteiger partial charge in [-0.3, -0.25) is 9.59 Å². The summed E-state index contributed by atoms with van der Waals surface area (Å²) in [5, 5.41) is 0. The molecule has 0 bridgehead atoms. The first-order chi connectivity index (χ1) is 10.9. The maximum absolute atomic E-state index is 12.6. The number of nitrogens with zero attached hydrogens (tertiary/aromatic N) is 1. The number of thioether (sulfide) groups is 1. The highest BCUT2D eigenvalue weighted by atomic mass is 79.9. The van der Waals surface area contributed by atoms with Crippen molar-refractivity contribution in [2.75, 3.05) is 12.3 Å². The number of hydrogen-bond acceptors (Lipinski definition) is 3. The van der Waals surface area contributed by atoms with Gasteiger partial charge in [-0.05, 0) is 49.9 Å². The Balaban J connectivity index is 2.03. The van der Waals surface area contributed by atoms with Crippen molar-refractivity contribution in [3.63, 3.8) is 0 Å². The molecule has 4 nitrogen and oxygen atoms in total. The number of aryl methyl sites for hydroxylation is 2. The fourth-order valence-electron chi connectivity index (χ4n) is 2.94. The molecule has 0 spiro atoms. The molecule has 126 valence electrons. The van der Waals surface area contributed by atoms with Crippen LogP contribution < -0.4 is 5.73 Å². The van der Waals surface area contributed by atoms with Crippen LogP contribution in [0.3, 0.4) is 0 Å². The van der Waals surface area contributed by atoms with E-state index >= 15 is 0 Å². The molecule has 0 unspecified atom stereocenters. The van der Waals surface area contributed by atoms with Crippen LogP contribution in [-0.2, 0) is 9.59 Å². The minimum atomic E-state index is -0.439. The lowest BCUT2D eigenvalue weighted by Gasteiger charge is -2.27. The third kappa shape index (κ3) is 4.98. The summed E-state index contributed by atoms with van der Waals surface area (Å²) in [5.41, 5.74) is 7.61. The predicted molar refractivity (Wildman–Crippen MR) is 97.5 cm³/mol. The molecule has 0 saturated heterocycles. The van der Waals surface area contributed by atoms with Gasteiger partial charge >= 0.3 is 0 Å². The highest BCUT2D eigenvalue weighted by molar-refractivity contribution is 9.10. The topological polar surface area (TPSA) is 63.4 Å². The van der Waals surface area contributed by atoms with Crippen molar-refractivity contribution in [2.45, 2.75) is 50.5 Å². The van der Waals surface area contributed by atoms with E-state index in [2.05, 4.69) is 28.1 Å². The van der Waals surface area contributed by atoms with Gasteiger partial charge in [0.05, 0.1) is 12.3 Å². The SMILES string of the molecule is Cc1cc(SCC(=O)N(CC(N)=O)C2CCCC2)c(C)cc1Br. The fraction of sp³-hybridized carbons (Fsp3) is 0.529. The molecule has 1 aliphatic rings. The maximum Gasteiger partial charge on any atom is 0.237 e. The Hall–Kier alpha value is -1.01. The van der Waals surface area contributed by atoms with Gasteiger partial charge in [0.25, 0.3) is 0 Å². The largest absolute Gasteiger partial charge is 0.368 e. The summed E-state index contributed by atoms with van der Waals surface area (Å²) in [4.78, 5) is 26.7. The van der Waals surface area contributed by atoms with Crippen molar-refractivity contribution in [1.82, 2.24) is 4.90 Å². The van der Waals surface area contributed by atoms with Gasteiger partial charge in [-0.1, -0.05) is 28.8 Å². The van der Waals surface area contributed by atoms with E-state index in [-0.39, 0.29) is 18.5 Å². The molecule has 1 saturated carbocycles. The minimum absolute atomic E-state index is 0.000622. The van der Waals surface area contributed by atoms with E-state index in [1.807, 2.05) is 13.8 Å². The first kappa shape index (κ1) is 18.3. The normalized spacial score (nSPS) is 14.9. The quantitative estimate of drug-likeness (QED) is 0.746. The molecule has 1 aromatic carbocycles. The summed E-state index contributed by atoms with van der Waals surface area (Å²) < 4.78 is 1.08. The van der Waals surface area contributed by atoms with E-state index in [9.17, 15) is 9.59 Å². The van der Waals surface area contributed by atoms with Crippen LogP contribution in [0, 0.1) is 13.8 Å². The first-order valence-electron chi connectivity index (χ1n) is 7.86. The number of carbonyl (C=O) groups is 2. The monoisotopic (exact) mass is 398 g/mol. The van der Waals surface area contributed by atoms with Crippen molar-refractivity contribution >= 4 is 39.5 Å². The molecule has 2 amide bonds. The van der Waals surface area contributed by atoms with E-state index in [1.165, 1.54) is 11.8 Å². The highest BCUT2D eigenvalue weighted by Gasteiger charge is 2.27. The molecule has 0 aromatic heterocycles. The molecule has 0 radical (unpaired) electrons. The second-order valence-corrected chi connectivity index (χ2v) is 7.95. The lowest BCUT2D eigenvalue weighted by atomic mass is 10.2. The van der Waals surface area contributed by atoms with Crippen LogP contribution in [-0.4, -0.2) is 35.1 Å². The van der Waals surface area contributed by atoms with Gasteiger partial charge in [0, 0.05) is 15.4 Å². The van der Waals surface area contributed by atoms with Crippen LogP contribution in [0.15, 0.2) is 21.5 Å². The third-order valence-corrected chi connectivity index (χ3v) is 6.22. The number of hydrogen-bond donors (Lipinski definition) is 1. The zero-order valence-electron chi connectivity index (χ0n) is 13.6. The number of amides is 2. The number of nitrogens with two attached hydrogens (primary N) is 1. The van der Waals surface area contributed by atoms with Crippen LogP contribution in [0.5, 0.6) is 0 Å². The van der Waals surface area contributed by atoms with Crippen molar-refractivity contribution in [3.05, 3.63) is 27.7 Å². The zero-order valence-corrected chi connectivity index (χ0v) is 16.0. The predicted octanol–water partition coefficient (Wildman–Crippen LogP) is 3.41. The molecule has 2 rings (SSSR count). The summed E-state index contributed by atoms with van der Waals surface area (Å²) in [6.45, 7) is 4.10. The average Bonchev–Trinajstić information content (AvgIpc) is 3.00. The van der Waals surface area contributed by atoms with Crippen molar-refractivity contribution in [1.29, 1.82) is 0 Å². The Kier molecular flexibility index (Phi) is 6.53. The number of rotatable bonds is 6. The van der Waals surface area contributed by atoms with Gasteiger partial charge in [0.15, 0.2) is 0 Å². The summed E-state index contributed by atoms with van der Waals surface area (Å²) in [6, 6.07) is 4.33. The Morgan fingerprint density at radius 1 is 1.26 bits per heavy atom. The van der Waals surface area contributed by atoms with Crippen LogP contribution in [0.4, 0.5) is 0 Å². The van der Waals surface area contributed by atoms with Gasteiger partial charge in [-0.25, -0.2) is 0 Å². The molecule has 1 aromatic rings. The lowest BCUT2D eigenvalue weighted by molar-refractivity contribution is -0.135. The maximum atomic E-state index is 12.6. The molecule has 23 heavy (non-hydrogen) atoms. The van der Waals surface area contributed by atoms with E-state index in [1.54, 1.807) is 4.90 Å². The molecular formula is C17H23BrN2O2S. The highest BCUT2D eigenvalue weighted by Crippen LogP contribution is 2.29. The van der Waals surface area contributed by atoms with E-state index in [4.69, 9.17) is 5.73 Å². The second kappa shape index (κ2) is 8.20. The summed E-state index contributed by atoms with van der Waals surface area (Å²) in [7, 11) is 0. The first-order valence-corrected chi connectivity index (χ1v) is 9.63. The van der Waals surface area contributed by atoms with E-state index in [0.717, 1.165) is 46.2 Å². The van der Waals surface area contributed by atoms with Gasteiger partial charge in [-0.15, -0.1) is 11.8 Å². The molecule has 1 fully saturated rings. The van der Waals surface area contributed by atoms with E-state index in [0.29, 0.717) is 5.75 Å². The lowest BCUT2D eigenvalue weighted by Crippen LogP contribution is -2.45. The van der Waals surface area contributed by atoms with Gasteiger partial charge in [0.2, 0.25) is 11.8 Å². The molecule has 2 N–H and O–H groups in total. The third-order valence-electron chi connectivity index (χ3n) is 4.22. The van der Waals surface area contributed by atoms with E-state index < -0.39 is 5.91 Å². The van der Waals surface area contributed by atoms with Crippen molar-refractivity contribution < 1.29 is 9.59 Å². The average molecular weight is 399 g/mol. The molecular weight excluding hydrogens is 376 g/mol. The molecule has 6 heteroatoms. The molecule has 0 atom stereocenters. The van der Waals surface area contributed by atoms with Crippen LogP contribution in [0.1, 0.15) is 36.8 Å². The van der Waals surface area contributed by atoms with Crippen LogP contribution >= 0.6 is 27.7 Å². The number of primary amides is 1. The second-order valence-electron chi connectivity index (χ2n) is 6.08. The van der Waals surface area contributed by atoms with Crippen LogP contribution in [0.2, 0.25) is 0 Å². The Labute approximate surface area is 150 Å². The smallest absolute Gasteiger partial charge is 0.237 e. The van der Waals surface area contributed by atoms with Gasteiger partial charge < -0.3 is 10.6 Å². The van der Waals surface area contributed by atoms with Crippen LogP contribution in [0.25, 0.3) is 0 Å². The minimum Gasteiger partial charge on any atom is -0.368 e. The number of halogens is 1. The summed E-state index contributed by atoms with van der Waals surface area (Å²) in [6.07, 6.45) is 4.18. The Morgan fingerprint density at radius 2 is 1.91 bits per heavy atom. The Morgan fingerprint density at radius 3 is 2.52 bits per heavy atom. The fourth-order valence-corrected chi connectivity index (χ4v) is 4.39. The summed E-state index contributed by atoms with van der Waals surface area (Å²) in [5.74, 6) is -0.0994. The molecule has 1 aliphatic carbocycles. The van der Waals surface area contributed by atoms with Gasteiger partial charge in [0.1, 0.15) is 0 Å². The Bertz CT molecular complexity index is 601. The van der Waals surface area contributed by atoms with Crippen molar-refractivity contribution in [3.8, 4) is 0 Å². The van der Waals surface area contributed by atoms with Crippen molar-refractivity contribution in [2.24, 2.45) is 5.73 Å². The zero-order chi connectivity index (χ0) is 17.0. The standard InChI is InChI=1S/C17H23BrN2O2S/c1-11-8-15(12(2)7-14(11)18)23-10-17(22)20(9-16(19)21)13-5-3-4-6-13/h7-8,13H,3-6,9-10H2,1-2H3,(H2,19,21). The molecule has 0 aliphatic heterocycles. The number of carbonyl (C=O) groups excluding carboxylic acids is 2. The number of benzene rings is 1.